The Morgan fingerprint density at radius 2 is 1.96 bits per heavy atom. The van der Waals surface area contributed by atoms with Gasteiger partial charge in [0.05, 0.1) is 34.2 Å². The van der Waals surface area contributed by atoms with Gasteiger partial charge in [-0.1, -0.05) is 0 Å². The Hall–Kier alpha value is -2.65. The molecule has 1 fully saturated rings. The first-order chi connectivity index (χ1) is 12.9. The number of benzene rings is 1. The van der Waals surface area contributed by atoms with Crippen LogP contribution >= 0.6 is 0 Å². The van der Waals surface area contributed by atoms with Gasteiger partial charge in [-0.25, -0.2) is 0 Å². The van der Waals surface area contributed by atoms with Crippen molar-refractivity contribution in [1.29, 1.82) is 0 Å². The highest BCUT2D eigenvalue weighted by Crippen LogP contribution is 2.26. The van der Waals surface area contributed by atoms with E-state index >= 15 is 0 Å². The van der Waals surface area contributed by atoms with E-state index in [0.717, 1.165) is 44.2 Å². The zero-order valence-corrected chi connectivity index (χ0v) is 15.9. The van der Waals surface area contributed by atoms with E-state index in [1.165, 1.54) is 0 Å². The van der Waals surface area contributed by atoms with Gasteiger partial charge in [0, 0.05) is 38.0 Å². The summed E-state index contributed by atoms with van der Waals surface area (Å²) in [6.45, 7) is 4.11. The van der Waals surface area contributed by atoms with Gasteiger partial charge in [0.25, 0.3) is 5.91 Å². The topological polar surface area (TPSA) is 118 Å². The van der Waals surface area contributed by atoms with Gasteiger partial charge in [0.15, 0.2) is 5.96 Å². The SMILES string of the molecule is CS(=O)c1cc(C(=O)N=C(N)N)ccc1N1CCN(Cc2ccco2)CC1. The Labute approximate surface area is 160 Å². The zero-order chi connectivity index (χ0) is 19.4. The minimum atomic E-state index is -1.25. The summed E-state index contributed by atoms with van der Waals surface area (Å²) in [5.41, 5.74) is 11.7. The first-order valence-corrected chi connectivity index (χ1v) is 10.1. The van der Waals surface area contributed by atoms with Crippen molar-refractivity contribution in [2.24, 2.45) is 16.5 Å². The van der Waals surface area contributed by atoms with Crippen LogP contribution in [0.15, 0.2) is 50.9 Å². The number of hydrogen-bond acceptors (Lipinski definition) is 5. The predicted octanol–water partition coefficient (Wildman–Crippen LogP) is 0.753. The molecule has 4 N–H and O–H groups in total. The number of guanidine groups is 1. The number of anilines is 1. The number of carbonyl (C=O) groups is 1. The first kappa shape index (κ1) is 19.1. The van der Waals surface area contributed by atoms with Crippen molar-refractivity contribution in [2.75, 3.05) is 37.3 Å². The zero-order valence-electron chi connectivity index (χ0n) is 15.1. The molecule has 2 aromatic rings. The molecule has 3 rings (SSSR count). The summed E-state index contributed by atoms with van der Waals surface area (Å²) in [5, 5.41) is 0. The third-order valence-electron chi connectivity index (χ3n) is 4.42. The van der Waals surface area contributed by atoms with Gasteiger partial charge in [-0.3, -0.25) is 13.9 Å². The van der Waals surface area contributed by atoms with E-state index in [4.69, 9.17) is 15.9 Å². The van der Waals surface area contributed by atoms with Gasteiger partial charge in [-0.2, -0.15) is 4.99 Å². The molecule has 9 heteroatoms. The van der Waals surface area contributed by atoms with E-state index < -0.39 is 16.7 Å². The molecule has 0 aliphatic carbocycles. The number of hydrogen-bond donors (Lipinski definition) is 2. The number of nitrogens with zero attached hydrogens (tertiary/aromatic N) is 3. The molecule has 1 unspecified atom stereocenters. The standard InChI is InChI=1S/C18H23N5O3S/c1-27(25)16-11-13(17(24)21-18(19)20)4-5-15(16)23-8-6-22(7-9-23)12-14-3-2-10-26-14/h2-5,10-11H,6-9,12H2,1H3,(H4,19,20,21,24). The molecule has 144 valence electrons. The van der Waals surface area contributed by atoms with E-state index in [1.807, 2.05) is 18.2 Å². The molecule has 0 spiro atoms. The van der Waals surface area contributed by atoms with Crippen molar-refractivity contribution in [3.8, 4) is 0 Å². The maximum atomic E-state index is 12.2. The number of piperazine rings is 1. The molecule has 1 aromatic heterocycles. The Kier molecular flexibility index (Phi) is 5.92. The minimum absolute atomic E-state index is 0.295. The van der Waals surface area contributed by atoms with Gasteiger partial charge in [0.1, 0.15) is 5.76 Å². The number of carbonyl (C=O) groups excluding carboxylic acids is 1. The molecule has 0 radical (unpaired) electrons. The molecule has 27 heavy (non-hydrogen) atoms. The smallest absolute Gasteiger partial charge is 0.280 e. The quantitative estimate of drug-likeness (QED) is 0.572. The Bertz CT molecular complexity index is 854. The summed E-state index contributed by atoms with van der Waals surface area (Å²) in [5.74, 6) is 0.105. The second-order valence-electron chi connectivity index (χ2n) is 6.32. The highest BCUT2D eigenvalue weighted by atomic mass is 32.2. The second-order valence-corrected chi connectivity index (χ2v) is 7.67. The monoisotopic (exact) mass is 389 g/mol. The summed E-state index contributed by atoms with van der Waals surface area (Å²) < 4.78 is 17.7. The van der Waals surface area contributed by atoms with Gasteiger partial charge in [-0.05, 0) is 30.3 Å². The summed E-state index contributed by atoms with van der Waals surface area (Å²) in [4.78, 5) is 20.7. The summed E-state index contributed by atoms with van der Waals surface area (Å²) in [7, 11) is -1.25. The predicted molar refractivity (Wildman–Crippen MR) is 105 cm³/mol. The molecule has 1 aliphatic heterocycles. The molecule has 0 saturated carbocycles. The average Bonchev–Trinajstić information content (AvgIpc) is 3.14. The number of amides is 1. The van der Waals surface area contributed by atoms with Gasteiger partial charge >= 0.3 is 0 Å². The number of nitrogens with two attached hydrogens (primary N) is 2. The third kappa shape index (κ3) is 4.75. The lowest BCUT2D eigenvalue weighted by Gasteiger charge is -2.36. The molecule has 1 amide bonds. The van der Waals surface area contributed by atoms with Crippen LogP contribution in [0.3, 0.4) is 0 Å². The van der Waals surface area contributed by atoms with Crippen LogP contribution in [0.1, 0.15) is 16.1 Å². The van der Waals surface area contributed by atoms with Crippen molar-refractivity contribution in [3.05, 3.63) is 47.9 Å². The molecule has 0 bridgehead atoms. The fourth-order valence-corrected chi connectivity index (χ4v) is 3.87. The average molecular weight is 389 g/mol. The van der Waals surface area contributed by atoms with Gasteiger partial charge < -0.3 is 20.8 Å². The Morgan fingerprint density at radius 3 is 2.56 bits per heavy atom. The lowest BCUT2D eigenvalue weighted by atomic mass is 10.1. The van der Waals surface area contributed by atoms with Crippen LogP contribution < -0.4 is 16.4 Å². The first-order valence-electron chi connectivity index (χ1n) is 8.55. The second kappa shape index (κ2) is 8.36. The maximum absolute atomic E-state index is 12.2. The number of aliphatic imine (C=N–C) groups is 1. The Balaban J connectivity index is 1.73. The molecule has 1 atom stereocenters. The van der Waals surface area contributed by atoms with E-state index in [0.29, 0.717) is 10.5 Å². The lowest BCUT2D eigenvalue weighted by molar-refractivity contribution is 0.100. The highest BCUT2D eigenvalue weighted by molar-refractivity contribution is 7.84. The van der Waals surface area contributed by atoms with E-state index in [-0.39, 0.29) is 5.96 Å². The summed E-state index contributed by atoms with van der Waals surface area (Å²) in [6, 6.07) is 8.94. The van der Waals surface area contributed by atoms with Crippen molar-refractivity contribution < 1.29 is 13.4 Å². The van der Waals surface area contributed by atoms with Crippen LogP contribution in [-0.2, 0) is 17.3 Å². The van der Waals surface area contributed by atoms with E-state index in [9.17, 15) is 9.00 Å². The van der Waals surface area contributed by atoms with Crippen molar-refractivity contribution >= 4 is 28.4 Å². The summed E-state index contributed by atoms with van der Waals surface area (Å²) in [6.07, 6.45) is 3.28. The van der Waals surface area contributed by atoms with Crippen molar-refractivity contribution in [1.82, 2.24) is 4.90 Å². The van der Waals surface area contributed by atoms with Gasteiger partial charge in [0.2, 0.25) is 0 Å². The molecule has 1 aromatic carbocycles. The largest absolute Gasteiger partial charge is 0.468 e. The number of furan rings is 1. The maximum Gasteiger partial charge on any atom is 0.280 e. The molecule has 1 saturated heterocycles. The normalized spacial score (nSPS) is 16.1. The van der Waals surface area contributed by atoms with Crippen LogP contribution in [0.25, 0.3) is 0 Å². The van der Waals surface area contributed by atoms with Gasteiger partial charge in [-0.15, -0.1) is 0 Å². The van der Waals surface area contributed by atoms with Crippen LogP contribution in [0, 0.1) is 0 Å². The molecular formula is C18H23N5O3S. The Morgan fingerprint density at radius 1 is 1.22 bits per heavy atom. The van der Waals surface area contributed by atoms with E-state index in [1.54, 1.807) is 24.7 Å². The fraction of sp³-hybridized carbons (Fsp3) is 0.333. The molecule has 1 aliphatic rings. The molecule has 2 heterocycles. The van der Waals surface area contributed by atoms with Crippen molar-refractivity contribution in [3.63, 3.8) is 0 Å². The lowest BCUT2D eigenvalue weighted by Crippen LogP contribution is -2.46. The van der Waals surface area contributed by atoms with E-state index in [2.05, 4.69) is 14.8 Å². The van der Waals surface area contributed by atoms with Crippen LogP contribution in [0.4, 0.5) is 5.69 Å². The van der Waals surface area contributed by atoms with Crippen LogP contribution in [-0.4, -0.2) is 53.4 Å². The summed E-state index contributed by atoms with van der Waals surface area (Å²) >= 11 is 0. The fourth-order valence-electron chi connectivity index (χ4n) is 3.09. The van der Waals surface area contributed by atoms with Crippen molar-refractivity contribution in [2.45, 2.75) is 11.4 Å². The number of rotatable bonds is 5. The highest BCUT2D eigenvalue weighted by Gasteiger charge is 2.22. The molecular weight excluding hydrogens is 366 g/mol. The third-order valence-corrected chi connectivity index (χ3v) is 5.37. The molecule has 8 nitrogen and oxygen atoms in total. The van der Waals surface area contributed by atoms with Crippen LogP contribution in [0.2, 0.25) is 0 Å². The van der Waals surface area contributed by atoms with Crippen LogP contribution in [0.5, 0.6) is 0 Å². The minimum Gasteiger partial charge on any atom is -0.468 e.